The second kappa shape index (κ2) is 11.0. The van der Waals surface area contributed by atoms with Crippen molar-refractivity contribution in [3.8, 4) is 11.3 Å². The number of hydrogen-bond donors (Lipinski definition) is 4. The molecule has 3 rings (SSSR count). The van der Waals surface area contributed by atoms with Gasteiger partial charge in [0, 0.05) is 31.7 Å². The van der Waals surface area contributed by atoms with E-state index in [0.717, 1.165) is 12.1 Å². The van der Waals surface area contributed by atoms with E-state index in [9.17, 15) is 18.7 Å². The molecule has 9 heteroatoms. The zero-order valence-corrected chi connectivity index (χ0v) is 19.0. The summed E-state index contributed by atoms with van der Waals surface area (Å²) in [6, 6.07) is 6.06. The van der Waals surface area contributed by atoms with Gasteiger partial charge in [-0.25, -0.2) is 13.8 Å². The van der Waals surface area contributed by atoms with E-state index in [1.807, 2.05) is 24.0 Å². The number of benzene rings is 1. The molecule has 7 nitrogen and oxygen atoms in total. The number of carbonyl (C=O) groups excluding carboxylic acids is 1. The maximum atomic E-state index is 14.2. The highest BCUT2D eigenvalue weighted by atomic mass is 19.1. The lowest BCUT2D eigenvalue weighted by Gasteiger charge is -2.38. The minimum atomic E-state index is -0.800. The quantitative estimate of drug-likeness (QED) is 0.463. The normalized spacial score (nSPS) is 19.1. The summed E-state index contributed by atoms with van der Waals surface area (Å²) in [7, 11) is 0. The molecule has 0 aliphatic carbocycles. The lowest BCUT2D eigenvalue weighted by atomic mass is 9.94. The van der Waals surface area contributed by atoms with Crippen LogP contribution in [-0.2, 0) is 0 Å². The van der Waals surface area contributed by atoms with E-state index in [2.05, 4.69) is 16.9 Å². The van der Waals surface area contributed by atoms with Gasteiger partial charge in [0.25, 0.3) is 5.91 Å². The molecule has 0 saturated carbocycles. The van der Waals surface area contributed by atoms with E-state index in [4.69, 9.17) is 11.5 Å². The van der Waals surface area contributed by atoms with E-state index < -0.39 is 17.5 Å². The summed E-state index contributed by atoms with van der Waals surface area (Å²) in [6.45, 7) is 6.74. The molecule has 0 radical (unpaired) electrons. The molecule has 1 aromatic heterocycles. The number of carbonyl (C=O) groups is 1. The first-order valence-corrected chi connectivity index (χ1v) is 10.9. The molecule has 2 heterocycles. The number of pyridine rings is 1. The molecule has 0 bridgehead atoms. The van der Waals surface area contributed by atoms with Crippen molar-refractivity contribution in [3.63, 3.8) is 0 Å². The summed E-state index contributed by atoms with van der Waals surface area (Å²) in [4.78, 5) is 19.3. The van der Waals surface area contributed by atoms with Gasteiger partial charge in [0.1, 0.15) is 11.6 Å². The highest BCUT2D eigenvalue weighted by Crippen LogP contribution is 2.27. The number of piperidine rings is 1. The zero-order valence-electron chi connectivity index (χ0n) is 19.0. The molecule has 2 unspecified atom stereocenters. The Labute approximate surface area is 197 Å². The molecular formula is C25H29F2N5O2. The standard InChI is InChI=1S/C25H29F2N5O2/c1-3-6-22(32-12-15(14-33)11-16(28)13-32)20(4-2)31-25(34)24-19(29)9-10-21(30-24)23-17(26)7-5-8-18(23)27/h3-10,15-16,33H,2,11-14,28-29H2,1H3,(H,31,34)/b6-3-,22-20-. The molecule has 2 atom stereocenters. The number of allylic oxidation sites excluding steroid dienone is 3. The average molecular weight is 470 g/mol. The van der Waals surface area contributed by atoms with Gasteiger partial charge in [0.05, 0.1) is 28.3 Å². The molecule has 180 valence electrons. The molecule has 1 saturated heterocycles. The minimum Gasteiger partial charge on any atom is -0.397 e. The van der Waals surface area contributed by atoms with Crippen molar-refractivity contribution in [1.29, 1.82) is 0 Å². The Morgan fingerprint density at radius 1 is 1.29 bits per heavy atom. The lowest BCUT2D eigenvalue weighted by molar-refractivity contribution is 0.0959. The van der Waals surface area contributed by atoms with Crippen LogP contribution in [0.3, 0.4) is 0 Å². The number of halogens is 2. The largest absolute Gasteiger partial charge is 0.397 e. The van der Waals surface area contributed by atoms with Gasteiger partial charge in [0.2, 0.25) is 0 Å². The van der Waals surface area contributed by atoms with Crippen molar-refractivity contribution < 1.29 is 18.7 Å². The molecule has 0 spiro atoms. The first-order valence-electron chi connectivity index (χ1n) is 10.9. The van der Waals surface area contributed by atoms with Crippen LogP contribution in [0, 0.1) is 17.6 Å². The van der Waals surface area contributed by atoms with Gasteiger partial charge in [-0.15, -0.1) is 0 Å². The molecule has 1 amide bonds. The summed E-state index contributed by atoms with van der Waals surface area (Å²) >= 11 is 0. The average Bonchev–Trinajstić information content (AvgIpc) is 2.81. The lowest BCUT2D eigenvalue weighted by Crippen LogP contribution is -2.47. The Kier molecular flexibility index (Phi) is 8.14. The fourth-order valence-electron chi connectivity index (χ4n) is 4.03. The van der Waals surface area contributed by atoms with Crippen LogP contribution in [0.1, 0.15) is 23.8 Å². The van der Waals surface area contributed by atoms with Gasteiger partial charge in [-0.2, -0.15) is 0 Å². The minimum absolute atomic E-state index is 0.00293. The molecule has 1 aliphatic rings. The Hall–Kier alpha value is -3.56. The van der Waals surface area contributed by atoms with E-state index in [1.54, 1.807) is 0 Å². The number of rotatable bonds is 7. The van der Waals surface area contributed by atoms with Gasteiger partial charge in [-0.1, -0.05) is 18.7 Å². The molecule has 2 aromatic rings. The third kappa shape index (κ3) is 5.49. The first-order chi connectivity index (χ1) is 16.3. The summed E-state index contributed by atoms with van der Waals surface area (Å²) in [5, 5.41) is 12.4. The monoisotopic (exact) mass is 469 g/mol. The summed E-state index contributed by atoms with van der Waals surface area (Å²) in [5.74, 6) is -2.26. The topological polar surface area (TPSA) is 118 Å². The molecule has 1 aromatic carbocycles. The van der Waals surface area contributed by atoms with Crippen LogP contribution in [0.25, 0.3) is 11.3 Å². The number of nitrogens with zero attached hydrogens (tertiary/aromatic N) is 2. The van der Waals surface area contributed by atoms with Gasteiger partial charge >= 0.3 is 0 Å². The van der Waals surface area contributed by atoms with Crippen molar-refractivity contribution in [2.24, 2.45) is 11.7 Å². The van der Waals surface area contributed by atoms with E-state index >= 15 is 0 Å². The van der Waals surface area contributed by atoms with Crippen LogP contribution < -0.4 is 16.8 Å². The highest BCUT2D eigenvalue weighted by molar-refractivity contribution is 5.99. The van der Waals surface area contributed by atoms with Crippen LogP contribution in [0.2, 0.25) is 0 Å². The summed E-state index contributed by atoms with van der Waals surface area (Å²) < 4.78 is 28.5. The van der Waals surface area contributed by atoms with Crippen molar-refractivity contribution in [2.75, 3.05) is 25.4 Å². The van der Waals surface area contributed by atoms with Crippen LogP contribution in [0.5, 0.6) is 0 Å². The highest BCUT2D eigenvalue weighted by Gasteiger charge is 2.27. The molecule has 6 N–H and O–H groups in total. The van der Waals surface area contributed by atoms with E-state index in [1.165, 1.54) is 24.3 Å². The second-order valence-electron chi connectivity index (χ2n) is 8.14. The predicted octanol–water partition coefficient (Wildman–Crippen LogP) is 2.95. The SMILES string of the molecule is C=C/C(NC(=O)c1nc(-c2c(F)cccc2F)ccc1N)=C(\C=C/C)N1CC(N)CC(CO)C1. The van der Waals surface area contributed by atoms with Crippen molar-refractivity contribution in [2.45, 2.75) is 19.4 Å². The summed E-state index contributed by atoms with van der Waals surface area (Å²) in [6.07, 6.45) is 5.81. The predicted molar refractivity (Wildman–Crippen MR) is 128 cm³/mol. The zero-order chi connectivity index (χ0) is 24.8. The van der Waals surface area contributed by atoms with Crippen molar-refractivity contribution in [1.82, 2.24) is 15.2 Å². The fraction of sp³-hybridized carbons (Fsp3) is 0.280. The fourth-order valence-corrected chi connectivity index (χ4v) is 4.03. The molecule has 1 aliphatic heterocycles. The number of nitrogen functional groups attached to an aromatic ring is 1. The Balaban J connectivity index is 1.97. The number of nitrogens with two attached hydrogens (primary N) is 2. The van der Waals surface area contributed by atoms with E-state index in [0.29, 0.717) is 30.9 Å². The van der Waals surface area contributed by atoms with Crippen LogP contribution in [-0.4, -0.2) is 46.6 Å². The van der Waals surface area contributed by atoms with Gasteiger partial charge in [-0.3, -0.25) is 4.79 Å². The number of aromatic nitrogens is 1. The number of hydrogen-bond acceptors (Lipinski definition) is 6. The number of aliphatic hydroxyl groups is 1. The van der Waals surface area contributed by atoms with Crippen LogP contribution in [0.4, 0.5) is 14.5 Å². The summed E-state index contributed by atoms with van der Waals surface area (Å²) in [5.41, 5.74) is 12.7. The number of aliphatic hydroxyl groups excluding tert-OH is 1. The first kappa shape index (κ1) is 25.1. The van der Waals surface area contributed by atoms with Crippen molar-refractivity contribution in [3.05, 3.63) is 83.9 Å². The Bertz CT molecular complexity index is 1110. The maximum absolute atomic E-state index is 14.2. The van der Waals surface area contributed by atoms with Gasteiger partial charge in [-0.05, 0) is 49.8 Å². The molecule has 1 fully saturated rings. The molecule has 34 heavy (non-hydrogen) atoms. The number of amides is 1. The van der Waals surface area contributed by atoms with Crippen molar-refractivity contribution >= 4 is 11.6 Å². The number of likely N-dealkylation sites (tertiary alicyclic amines) is 1. The number of nitrogens with one attached hydrogen (secondary N) is 1. The van der Waals surface area contributed by atoms with Gasteiger partial charge in [0.15, 0.2) is 5.69 Å². The maximum Gasteiger partial charge on any atom is 0.276 e. The van der Waals surface area contributed by atoms with Crippen LogP contribution >= 0.6 is 0 Å². The smallest absolute Gasteiger partial charge is 0.276 e. The third-order valence-corrected chi connectivity index (χ3v) is 5.58. The Morgan fingerprint density at radius 3 is 2.62 bits per heavy atom. The third-order valence-electron chi connectivity index (χ3n) is 5.58. The van der Waals surface area contributed by atoms with Crippen LogP contribution in [0.15, 0.2) is 66.5 Å². The van der Waals surface area contributed by atoms with Gasteiger partial charge < -0.3 is 26.8 Å². The number of anilines is 1. The second-order valence-corrected chi connectivity index (χ2v) is 8.14. The molecular weight excluding hydrogens is 440 g/mol. The Morgan fingerprint density at radius 2 is 2.00 bits per heavy atom. The van der Waals surface area contributed by atoms with E-state index in [-0.39, 0.29) is 41.2 Å².